The summed E-state index contributed by atoms with van der Waals surface area (Å²) < 4.78 is 5.53. The lowest BCUT2D eigenvalue weighted by atomic mass is 10.3. The second kappa shape index (κ2) is 8.05. The summed E-state index contributed by atoms with van der Waals surface area (Å²) in [5, 5.41) is 2.61. The Hall–Kier alpha value is -1.16. The van der Waals surface area contributed by atoms with E-state index in [2.05, 4.69) is 5.32 Å². The van der Waals surface area contributed by atoms with Crippen LogP contribution in [0.2, 0.25) is 0 Å². The Bertz CT molecular complexity index is 303. The van der Waals surface area contributed by atoms with Gasteiger partial charge < -0.3 is 10.1 Å². The maximum absolute atomic E-state index is 10.9. The Morgan fingerprint density at radius 2 is 2.06 bits per heavy atom. The third kappa shape index (κ3) is 5.66. The van der Waals surface area contributed by atoms with E-state index in [4.69, 9.17) is 4.74 Å². The van der Waals surface area contributed by atoms with Crippen LogP contribution in [0.15, 0.2) is 30.3 Å². The number of carbonyl (C=O) groups excluding carboxylic acids is 1. The smallest absolute Gasteiger partial charge is 0.278 e. The van der Waals surface area contributed by atoms with Crippen molar-refractivity contribution in [3.8, 4) is 5.75 Å². The Morgan fingerprint density at radius 1 is 1.31 bits per heavy atom. The number of hydrogen-bond acceptors (Lipinski definition) is 3. The fourth-order valence-corrected chi connectivity index (χ4v) is 1.83. The van der Waals surface area contributed by atoms with Gasteiger partial charge in [-0.1, -0.05) is 30.0 Å². The van der Waals surface area contributed by atoms with E-state index in [0.29, 0.717) is 6.61 Å². The van der Waals surface area contributed by atoms with E-state index in [9.17, 15) is 4.79 Å². The first-order chi connectivity index (χ1) is 7.83. The van der Waals surface area contributed by atoms with Crippen molar-refractivity contribution in [1.82, 2.24) is 5.32 Å². The zero-order valence-electron chi connectivity index (χ0n) is 9.44. The predicted molar refractivity (Wildman–Crippen MR) is 68.1 cm³/mol. The quantitative estimate of drug-likeness (QED) is 0.776. The van der Waals surface area contributed by atoms with Crippen LogP contribution in [0.3, 0.4) is 0 Å². The molecule has 0 aliphatic heterocycles. The first kappa shape index (κ1) is 12.9. The molecule has 0 aliphatic rings. The molecule has 88 valence electrons. The molecular weight excluding hydrogens is 222 g/mol. The van der Waals surface area contributed by atoms with Crippen LogP contribution in [0.1, 0.15) is 12.8 Å². The molecule has 1 N–H and O–H groups in total. The summed E-state index contributed by atoms with van der Waals surface area (Å²) in [7, 11) is 1.65. The summed E-state index contributed by atoms with van der Waals surface area (Å²) in [6.45, 7) is 0.707. The van der Waals surface area contributed by atoms with Crippen LogP contribution < -0.4 is 10.1 Å². The molecule has 0 heterocycles. The molecule has 0 bridgehead atoms. The third-order valence-corrected chi connectivity index (χ3v) is 2.95. The third-order valence-electron chi connectivity index (χ3n) is 1.99. The van der Waals surface area contributed by atoms with Crippen molar-refractivity contribution in [1.29, 1.82) is 0 Å². The highest BCUT2D eigenvalue weighted by molar-refractivity contribution is 8.13. The van der Waals surface area contributed by atoms with Crippen molar-refractivity contribution in [2.24, 2.45) is 0 Å². The lowest BCUT2D eigenvalue weighted by Gasteiger charge is -2.05. The molecule has 0 spiro atoms. The van der Waals surface area contributed by atoms with Crippen molar-refractivity contribution in [2.45, 2.75) is 12.8 Å². The molecule has 0 unspecified atom stereocenters. The van der Waals surface area contributed by atoms with Crippen molar-refractivity contribution in [3.05, 3.63) is 30.3 Å². The molecule has 3 nitrogen and oxygen atoms in total. The van der Waals surface area contributed by atoms with Gasteiger partial charge in [-0.15, -0.1) is 0 Å². The maximum Gasteiger partial charge on any atom is 0.278 e. The number of rotatable bonds is 6. The van der Waals surface area contributed by atoms with E-state index in [0.717, 1.165) is 24.3 Å². The van der Waals surface area contributed by atoms with E-state index in [1.807, 2.05) is 30.3 Å². The van der Waals surface area contributed by atoms with Gasteiger partial charge in [0.15, 0.2) is 0 Å². The van der Waals surface area contributed by atoms with Gasteiger partial charge in [0.2, 0.25) is 0 Å². The van der Waals surface area contributed by atoms with Crippen LogP contribution in [0.5, 0.6) is 5.75 Å². The Kier molecular flexibility index (Phi) is 6.49. The average Bonchev–Trinajstić information content (AvgIpc) is 2.34. The van der Waals surface area contributed by atoms with E-state index >= 15 is 0 Å². The summed E-state index contributed by atoms with van der Waals surface area (Å²) in [6, 6.07) is 9.76. The van der Waals surface area contributed by atoms with Crippen molar-refractivity contribution < 1.29 is 9.53 Å². The van der Waals surface area contributed by atoms with Crippen LogP contribution in [-0.4, -0.2) is 24.6 Å². The molecule has 16 heavy (non-hydrogen) atoms. The highest BCUT2D eigenvalue weighted by Gasteiger charge is 1.98. The number of nitrogens with one attached hydrogen (secondary N) is 1. The standard InChI is InChI=1S/C12H17NO2S/c1-13-12(14)16-10-6-5-9-15-11-7-3-2-4-8-11/h2-4,7-8H,5-6,9-10H2,1H3,(H,13,14). The Balaban J connectivity index is 1.98. The van der Waals surface area contributed by atoms with Gasteiger partial charge in [0.1, 0.15) is 5.75 Å². The zero-order chi connectivity index (χ0) is 11.6. The largest absolute Gasteiger partial charge is 0.494 e. The molecular formula is C12H17NO2S. The monoisotopic (exact) mass is 239 g/mol. The highest BCUT2D eigenvalue weighted by Crippen LogP contribution is 2.10. The molecule has 1 aromatic carbocycles. The molecule has 0 atom stereocenters. The van der Waals surface area contributed by atoms with Gasteiger partial charge in [-0.25, -0.2) is 0 Å². The van der Waals surface area contributed by atoms with Crippen molar-refractivity contribution in [2.75, 3.05) is 19.4 Å². The molecule has 0 fully saturated rings. The molecule has 1 rings (SSSR count). The van der Waals surface area contributed by atoms with E-state index in [-0.39, 0.29) is 5.24 Å². The average molecular weight is 239 g/mol. The minimum absolute atomic E-state index is 0.0315. The van der Waals surface area contributed by atoms with Gasteiger partial charge in [-0.05, 0) is 25.0 Å². The minimum Gasteiger partial charge on any atom is -0.494 e. The summed E-state index contributed by atoms with van der Waals surface area (Å²) in [5.41, 5.74) is 0. The number of unbranched alkanes of at least 4 members (excludes halogenated alkanes) is 1. The van der Waals surface area contributed by atoms with E-state index in [1.165, 1.54) is 11.8 Å². The van der Waals surface area contributed by atoms with Crippen LogP contribution in [0, 0.1) is 0 Å². The zero-order valence-corrected chi connectivity index (χ0v) is 10.3. The van der Waals surface area contributed by atoms with Crippen molar-refractivity contribution in [3.63, 3.8) is 0 Å². The van der Waals surface area contributed by atoms with Gasteiger partial charge in [0, 0.05) is 12.8 Å². The van der Waals surface area contributed by atoms with E-state index in [1.54, 1.807) is 7.05 Å². The second-order valence-corrected chi connectivity index (χ2v) is 4.32. The number of para-hydroxylation sites is 1. The SMILES string of the molecule is CNC(=O)SCCCCOc1ccccc1. The van der Waals surface area contributed by atoms with Crippen LogP contribution in [0.25, 0.3) is 0 Å². The first-order valence-electron chi connectivity index (χ1n) is 5.35. The number of ether oxygens (including phenoxy) is 1. The maximum atomic E-state index is 10.9. The van der Waals surface area contributed by atoms with Gasteiger partial charge >= 0.3 is 0 Å². The summed E-state index contributed by atoms with van der Waals surface area (Å²) in [6.07, 6.45) is 1.96. The lowest BCUT2D eigenvalue weighted by molar-refractivity contribution is 0.262. The number of carbonyl (C=O) groups is 1. The molecule has 0 aliphatic carbocycles. The molecule has 0 aromatic heterocycles. The minimum atomic E-state index is 0.0315. The number of thioether (sulfide) groups is 1. The van der Waals surface area contributed by atoms with Crippen LogP contribution in [0.4, 0.5) is 4.79 Å². The summed E-state index contributed by atoms with van der Waals surface area (Å²) in [4.78, 5) is 10.9. The Labute approximate surface area is 101 Å². The first-order valence-corrected chi connectivity index (χ1v) is 6.34. The fraction of sp³-hybridized carbons (Fsp3) is 0.417. The molecule has 0 radical (unpaired) electrons. The molecule has 1 amide bonds. The topological polar surface area (TPSA) is 38.3 Å². The van der Waals surface area contributed by atoms with Crippen LogP contribution in [-0.2, 0) is 0 Å². The van der Waals surface area contributed by atoms with Gasteiger partial charge in [-0.3, -0.25) is 4.79 Å². The molecule has 0 saturated carbocycles. The number of amides is 1. The summed E-state index contributed by atoms with van der Waals surface area (Å²) >= 11 is 1.32. The second-order valence-electron chi connectivity index (χ2n) is 3.25. The molecule has 0 saturated heterocycles. The van der Waals surface area contributed by atoms with Crippen molar-refractivity contribution >= 4 is 17.0 Å². The lowest BCUT2D eigenvalue weighted by Crippen LogP contribution is -2.11. The fourth-order valence-electron chi connectivity index (χ4n) is 1.15. The predicted octanol–water partition coefficient (Wildman–Crippen LogP) is 2.92. The molecule has 1 aromatic rings. The van der Waals surface area contributed by atoms with Gasteiger partial charge in [-0.2, -0.15) is 0 Å². The number of benzene rings is 1. The molecule has 4 heteroatoms. The van der Waals surface area contributed by atoms with Gasteiger partial charge in [0.05, 0.1) is 6.61 Å². The normalized spacial score (nSPS) is 9.81. The number of hydrogen-bond donors (Lipinski definition) is 1. The van der Waals surface area contributed by atoms with Gasteiger partial charge in [0.25, 0.3) is 5.24 Å². The van der Waals surface area contributed by atoms with E-state index < -0.39 is 0 Å². The van der Waals surface area contributed by atoms with Crippen LogP contribution >= 0.6 is 11.8 Å². The Morgan fingerprint density at radius 3 is 2.75 bits per heavy atom. The summed E-state index contributed by atoms with van der Waals surface area (Å²) in [5.74, 6) is 1.75. The highest BCUT2D eigenvalue weighted by atomic mass is 32.2.